The van der Waals surface area contributed by atoms with Gasteiger partial charge in [-0.3, -0.25) is 4.98 Å². The molecule has 3 nitrogen and oxygen atoms in total. The zero-order chi connectivity index (χ0) is 14.7. The van der Waals surface area contributed by atoms with Gasteiger partial charge in [0.25, 0.3) is 0 Å². The predicted octanol–water partition coefficient (Wildman–Crippen LogP) is 4.22. The van der Waals surface area contributed by atoms with E-state index in [1.54, 1.807) is 0 Å². The number of anilines is 2. The zero-order valence-electron chi connectivity index (χ0n) is 12.9. The monoisotopic (exact) mass is 283 g/mol. The van der Waals surface area contributed by atoms with Crippen molar-refractivity contribution in [2.45, 2.75) is 39.0 Å². The maximum Gasteiger partial charge on any atom is 0.0448 e. The lowest BCUT2D eigenvalue weighted by Gasteiger charge is -2.25. The Labute approximate surface area is 127 Å². The van der Waals surface area contributed by atoms with Crippen molar-refractivity contribution in [1.29, 1.82) is 0 Å². The minimum Gasteiger partial charge on any atom is -0.398 e. The Balaban J connectivity index is 1.88. The van der Waals surface area contributed by atoms with Gasteiger partial charge >= 0.3 is 0 Å². The molecule has 2 heterocycles. The van der Waals surface area contributed by atoms with E-state index in [1.165, 1.54) is 43.2 Å². The van der Waals surface area contributed by atoms with Gasteiger partial charge in [0.15, 0.2) is 0 Å². The van der Waals surface area contributed by atoms with E-state index in [-0.39, 0.29) is 0 Å². The summed E-state index contributed by atoms with van der Waals surface area (Å²) in [5.74, 6) is 0.904. The van der Waals surface area contributed by atoms with Crippen LogP contribution in [-0.2, 0) is 0 Å². The van der Waals surface area contributed by atoms with E-state index in [0.717, 1.165) is 30.1 Å². The van der Waals surface area contributed by atoms with Crippen molar-refractivity contribution in [3.05, 3.63) is 30.6 Å². The summed E-state index contributed by atoms with van der Waals surface area (Å²) < 4.78 is 0. The van der Waals surface area contributed by atoms with E-state index in [2.05, 4.69) is 28.9 Å². The van der Waals surface area contributed by atoms with Gasteiger partial charge in [-0.05, 0) is 43.4 Å². The molecule has 1 aliphatic rings. The number of nitrogen functional groups attached to an aromatic ring is 1. The molecule has 1 fully saturated rings. The van der Waals surface area contributed by atoms with Crippen LogP contribution in [0.4, 0.5) is 11.4 Å². The van der Waals surface area contributed by atoms with Crippen LogP contribution < -0.4 is 10.6 Å². The second-order valence-electron chi connectivity index (χ2n) is 6.17. The van der Waals surface area contributed by atoms with Gasteiger partial charge in [0.1, 0.15) is 0 Å². The molecule has 1 aromatic carbocycles. The SMILES string of the molecule is CCCC1CCCN(c2ccc(N)c3cnccc23)CC1. The fraction of sp³-hybridized carbons (Fsp3) is 0.500. The van der Waals surface area contributed by atoms with Crippen molar-refractivity contribution in [1.82, 2.24) is 4.98 Å². The summed E-state index contributed by atoms with van der Waals surface area (Å²) in [6.45, 7) is 4.61. The van der Waals surface area contributed by atoms with Crippen LogP contribution in [0.25, 0.3) is 10.8 Å². The standard InChI is InChI=1S/C18H25N3/c1-2-4-14-5-3-11-21(12-9-14)18-7-6-17(19)16-13-20-10-8-15(16)18/h6-8,10,13-14H,2-5,9,11-12,19H2,1H3. The Morgan fingerprint density at radius 1 is 1.19 bits per heavy atom. The summed E-state index contributed by atoms with van der Waals surface area (Å²) in [5, 5.41) is 2.31. The number of rotatable bonds is 3. The summed E-state index contributed by atoms with van der Waals surface area (Å²) in [7, 11) is 0. The first-order valence-electron chi connectivity index (χ1n) is 8.16. The van der Waals surface area contributed by atoms with E-state index in [1.807, 2.05) is 18.5 Å². The molecule has 0 radical (unpaired) electrons. The van der Waals surface area contributed by atoms with E-state index in [9.17, 15) is 0 Å². The van der Waals surface area contributed by atoms with Crippen molar-refractivity contribution in [3.8, 4) is 0 Å². The summed E-state index contributed by atoms with van der Waals surface area (Å²) in [5.41, 5.74) is 8.23. The highest BCUT2D eigenvalue weighted by Gasteiger charge is 2.18. The van der Waals surface area contributed by atoms with Crippen LogP contribution in [0.2, 0.25) is 0 Å². The molecule has 1 unspecified atom stereocenters. The molecule has 21 heavy (non-hydrogen) atoms. The third kappa shape index (κ3) is 2.97. The topological polar surface area (TPSA) is 42.1 Å². The van der Waals surface area contributed by atoms with Gasteiger partial charge in [0.2, 0.25) is 0 Å². The van der Waals surface area contributed by atoms with Crippen LogP contribution in [0.3, 0.4) is 0 Å². The van der Waals surface area contributed by atoms with E-state index in [0.29, 0.717) is 0 Å². The molecule has 1 aromatic heterocycles. The quantitative estimate of drug-likeness (QED) is 0.857. The lowest BCUT2D eigenvalue weighted by molar-refractivity contribution is 0.435. The third-order valence-electron chi connectivity index (χ3n) is 4.71. The number of hydrogen-bond acceptors (Lipinski definition) is 3. The molecule has 3 rings (SSSR count). The lowest BCUT2D eigenvalue weighted by Crippen LogP contribution is -2.24. The Hall–Kier alpha value is -1.77. The van der Waals surface area contributed by atoms with Crippen LogP contribution in [0.1, 0.15) is 39.0 Å². The number of aromatic nitrogens is 1. The summed E-state index contributed by atoms with van der Waals surface area (Å²) in [4.78, 5) is 6.76. The van der Waals surface area contributed by atoms with Gasteiger partial charge in [-0.2, -0.15) is 0 Å². The van der Waals surface area contributed by atoms with Gasteiger partial charge in [0.05, 0.1) is 0 Å². The second-order valence-corrected chi connectivity index (χ2v) is 6.17. The van der Waals surface area contributed by atoms with Crippen LogP contribution >= 0.6 is 0 Å². The molecule has 0 spiro atoms. The van der Waals surface area contributed by atoms with Crippen LogP contribution in [0, 0.1) is 5.92 Å². The van der Waals surface area contributed by atoms with Crippen molar-refractivity contribution in [3.63, 3.8) is 0 Å². The number of nitrogens with zero attached hydrogens (tertiary/aromatic N) is 2. The second kappa shape index (κ2) is 6.33. The van der Waals surface area contributed by atoms with E-state index >= 15 is 0 Å². The molecule has 0 amide bonds. The maximum absolute atomic E-state index is 6.09. The normalized spacial score (nSPS) is 19.7. The minimum atomic E-state index is 0.820. The molecule has 1 saturated heterocycles. The smallest absolute Gasteiger partial charge is 0.0448 e. The zero-order valence-corrected chi connectivity index (χ0v) is 12.9. The average molecular weight is 283 g/mol. The Morgan fingerprint density at radius 2 is 2.10 bits per heavy atom. The highest BCUT2D eigenvalue weighted by molar-refractivity contribution is 6.00. The number of pyridine rings is 1. The molecular formula is C18H25N3. The molecule has 0 saturated carbocycles. The predicted molar refractivity (Wildman–Crippen MR) is 90.6 cm³/mol. The van der Waals surface area contributed by atoms with E-state index in [4.69, 9.17) is 5.73 Å². The van der Waals surface area contributed by atoms with Crippen molar-refractivity contribution < 1.29 is 0 Å². The minimum absolute atomic E-state index is 0.820. The van der Waals surface area contributed by atoms with Crippen molar-refractivity contribution >= 4 is 22.1 Å². The number of fused-ring (bicyclic) bond motifs is 1. The fourth-order valence-corrected chi connectivity index (χ4v) is 3.58. The molecule has 0 aliphatic carbocycles. The van der Waals surface area contributed by atoms with Crippen LogP contribution in [-0.4, -0.2) is 18.1 Å². The molecule has 3 heteroatoms. The maximum atomic E-state index is 6.09. The molecule has 0 bridgehead atoms. The number of hydrogen-bond donors (Lipinski definition) is 1. The van der Waals surface area contributed by atoms with Crippen LogP contribution in [0.15, 0.2) is 30.6 Å². The summed E-state index contributed by atoms with van der Waals surface area (Å²) >= 11 is 0. The van der Waals surface area contributed by atoms with Gasteiger partial charge in [-0.1, -0.05) is 19.8 Å². The van der Waals surface area contributed by atoms with Crippen LogP contribution in [0.5, 0.6) is 0 Å². The number of benzene rings is 1. The fourth-order valence-electron chi connectivity index (χ4n) is 3.58. The Kier molecular flexibility index (Phi) is 4.28. The lowest BCUT2D eigenvalue weighted by atomic mass is 9.96. The highest BCUT2D eigenvalue weighted by Crippen LogP contribution is 2.32. The Bertz CT molecular complexity index is 608. The molecule has 112 valence electrons. The first-order valence-corrected chi connectivity index (χ1v) is 8.16. The van der Waals surface area contributed by atoms with Crippen molar-refractivity contribution in [2.75, 3.05) is 23.7 Å². The van der Waals surface area contributed by atoms with E-state index < -0.39 is 0 Å². The summed E-state index contributed by atoms with van der Waals surface area (Å²) in [6, 6.07) is 6.29. The highest BCUT2D eigenvalue weighted by atomic mass is 15.1. The largest absolute Gasteiger partial charge is 0.398 e. The van der Waals surface area contributed by atoms with Crippen molar-refractivity contribution in [2.24, 2.45) is 5.92 Å². The van der Waals surface area contributed by atoms with Gasteiger partial charge < -0.3 is 10.6 Å². The van der Waals surface area contributed by atoms with Gasteiger partial charge in [-0.25, -0.2) is 0 Å². The first-order chi connectivity index (χ1) is 10.3. The number of nitrogens with two attached hydrogens (primary N) is 1. The molecule has 1 atom stereocenters. The Morgan fingerprint density at radius 3 is 2.95 bits per heavy atom. The summed E-state index contributed by atoms with van der Waals surface area (Å²) in [6.07, 6.45) is 10.4. The third-order valence-corrected chi connectivity index (χ3v) is 4.71. The first kappa shape index (κ1) is 14.2. The van der Waals surface area contributed by atoms with Gasteiger partial charge in [0, 0.05) is 47.6 Å². The van der Waals surface area contributed by atoms with Gasteiger partial charge in [-0.15, -0.1) is 0 Å². The molecular weight excluding hydrogens is 258 g/mol. The average Bonchev–Trinajstić information content (AvgIpc) is 2.74. The molecule has 2 aromatic rings. The molecule has 1 aliphatic heterocycles. The molecule has 2 N–H and O–H groups in total.